The summed E-state index contributed by atoms with van der Waals surface area (Å²) in [5.74, 6) is 0.677. The molecule has 0 radical (unpaired) electrons. The lowest BCUT2D eigenvalue weighted by Gasteiger charge is -2.12. The molecule has 0 saturated heterocycles. The van der Waals surface area contributed by atoms with Gasteiger partial charge in [-0.15, -0.1) is 11.3 Å². The highest BCUT2D eigenvalue weighted by atomic mass is 32.1. The standard InChI is InChI=1S/C43H30N4OS/c1-46-38-22-21-29(25-39(38)47(2)43(46)48)28-13-8-15-31(23-28)36-26-37(45-42(44-36)27-11-4-3-5-12-27)32-16-9-14-30(24-32)33-18-10-19-35-34-17-6-7-20-40(34)49-41(33)35/h3-26H,1-2H3. The lowest BCUT2D eigenvalue weighted by molar-refractivity contribution is 0.795. The zero-order valence-electron chi connectivity index (χ0n) is 27.0. The minimum Gasteiger partial charge on any atom is -0.295 e. The second-order valence-corrected chi connectivity index (χ2v) is 13.4. The van der Waals surface area contributed by atoms with Gasteiger partial charge >= 0.3 is 5.69 Å². The average Bonchev–Trinajstić information content (AvgIpc) is 3.65. The van der Waals surface area contributed by atoms with Crippen molar-refractivity contribution >= 4 is 42.5 Å². The van der Waals surface area contributed by atoms with Crippen LogP contribution in [0, 0.1) is 0 Å². The van der Waals surface area contributed by atoms with Crippen molar-refractivity contribution in [1.29, 1.82) is 0 Å². The Morgan fingerprint density at radius 1 is 0.490 bits per heavy atom. The molecule has 0 saturated carbocycles. The highest BCUT2D eigenvalue weighted by Crippen LogP contribution is 2.41. The number of rotatable bonds is 5. The summed E-state index contributed by atoms with van der Waals surface area (Å²) in [6, 6.07) is 50.7. The summed E-state index contributed by atoms with van der Waals surface area (Å²) in [7, 11) is 3.62. The topological polar surface area (TPSA) is 52.7 Å². The van der Waals surface area contributed by atoms with Crippen molar-refractivity contribution in [3.8, 4) is 56.2 Å². The van der Waals surface area contributed by atoms with Crippen LogP contribution < -0.4 is 5.69 Å². The van der Waals surface area contributed by atoms with E-state index >= 15 is 0 Å². The summed E-state index contributed by atoms with van der Waals surface area (Å²) < 4.78 is 5.96. The molecule has 5 nitrogen and oxygen atoms in total. The molecule has 9 rings (SSSR count). The molecule has 0 unspecified atom stereocenters. The van der Waals surface area contributed by atoms with Gasteiger partial charge in [-0.2, -0.15) is 0 Å². The van der Waals surface area contributed by atoms with E-state index in [2.05, 4.69) is 121 Å². The van der Waals surface area contributed by atoms with Crippen molar-refractivity contribution in [3.63, 3.8) is 0 Å². The van der Waals surface area contributed by atoms with Gasteiger partial charge in [0.2, 0.25) is 0 Å². The lowest BCUT2D eigenvalue weighted by Crippen LogP contribution is -2.19. The van der Waals surface area contributed by atoms with Crippen LogP contribution >= 0.6 is 11.3 Å². The van der Waals surface area contributed by atoms with Crippen LogP contribution in [0.25, 0.3) is 87.4 Å². The van der Waals surface area contributed by atoms with Gasteiger partial charge in [-0.05, 0) is 58.7 Å². The molecule has 0 fully saturated rings. The molecule has 234 valence electrons. The molecular formula is C43H30N4OS. The van der Waals surface area contributed by atoms with Crippen LogP contribution in [0.15, 0.2) is 150 Å². The largest absolute Gasteiger partial charge is 0.328 e. The molecule has 49 heavy (non-hydrogen) atoms. The highest BCUT2D eigenvalue weighted by molar-refractivity contribution is 7.26. The molecule has 0 N–H and O–H groups in total. The smallest absolute Gasteiger partial charge is 0.295 e. The minimum absolute atomic E-state index is 0.0348. The SMILES string of the molecule is Cn1c(=O)n(C)c2cc(-c3cccc(-c4cc(-c5cccc(-c6cccc7c6sc6ccccc67)c5)nc(-c5ccccc5)n4)c3)ccc21. The molecule has 0 aliphatic rings. The van der Waals surface area contributed by atoms with Gasteiger partial charge < -0.3 is 0 Å². The Labute approximate surface area is 287 Å². The number of fused-ring (bicyclic) bond motifs is 4. The quantitative estimate of drug-likeness (QED) is 0.186. The molecule has 0 amide bonds. The molecule has 6 aromatic carbocycles. The number of benzene rings is 6. The monoisotopic (exact) mass is 650 g/mol. The third-order valence-corrected chi connectivity index (χ3v) is 10.6. The molecule has 0 aliphatic carbocycles. The summed E-state index contributed by atoms with van der Waals surface area (Å²) >= 11 is 1.84. The zero-order valence-corrected chi connectivity index (χ0v) is 27.8. The second-order valence-electron chi connectivity index (χ2n) is 12.4. The normalized spacial score (nSPS) is 11.6. The Morgan fingerprint density at radius 2 is 1.08 bits per heavy atom. The highest BCUT2D eigenvalue weighted by Gasteiger charge is 2.15. The first-order valence-electron chi connectivity index (χ1n) is 16.2. The first kappa shape index (κ1) is 29.1. The summed E-state index contributed by atoms with van der Waals surface area (Å²) in [4.78, 5) is 22.8. The predicted molar refractivity (Wildman–Crippen MR) is 204 cm³/mol. The molecule has 0 aliphatic heterocycles. The third kappa shape index (κ3) is 4.96. The molecular weight excluding hydrogens is 621 g/mol. The lowest BCUT2D eigenvalue weighted by atomic mass is 9.98. The Morgan fingerprint density at radius 3 is 1.88 bits per heavy atom. The fraction of sp³-hybridized carbons (Fsp3) is 0.0465. The van der Waals surface area contributed by atoms with Crippen molar-refractivity contribution in [1.82, 2.24) is 19.1 Å². The van der Waals surface area contributed by atoms with E-state index in [0.29, 0.717) is 5.82 Å². The molecule has 3 aromatic heterocycles. The molecule has 6 heteroatoms. The van der Waals surface area contributed by atoms with E-state index < -0.39 is 0 Å². The number of aromatic nitrogens is 4. The number of thiophene rings is 1. The van der Waals surface area contributed by atoms with E-state index in [0.717, 1.165) is 55.8 Å². The number of nitrogens with zero attached hydrogens (tertiary/aromatic N) is 4. The Hall–Kier alpha value is -6.11. The fourth-order valence-corrected chi connectivity index (χ4v) is 8.06. The molecule has 0 atom stereocenters. The van der Waals surface area contributed by atoms with Gasteiger partial charge in [-0.25, -0.2) is 14.8 Å². The van der Waals surface area contributed by atoms with E-state index in [1.807, 2.05) is 49.7 Å². The van der Waals surface area contributed by atoms with Gasteiger partial charge in [0, 0.05) is 51.0 Å². The van der Waals surface area contributed by atoms with Crippen molar-refractivity contribution in [2.45, 2.75) is 0 Å². The van der Waals surface area contributed by atoms with Gasteiger partial charge in [-0.1, -0.05) is 109 Å². The van der Waals surface area contributed by atoms with E-state index in [9.17, 15) is 4.79 Å². The van der Waals surface area contributed by atoms with Crippen LogP contribution in [0.4, 0.5) is 0 Å². The molecule has 0 bridgehead atoms. The van der Waals surface area contributed by atoms with Crippen molar-refractivity contribution < 1.29 is 0 Å². The minimum atomic E-state index is -0.0348. The number of aryl methyl sites for hydroxylation is 2. The van der Waals surface area contributed by atoms with Crippen molar-refractivity contribution in [2.75, 3.05) is 0 Å². The van der Waals surface area contributed by atoms with Crippen LogP contribution in [0.1, 0.15) is 0 Å². The van der Waals surface area contributed by atoms with Crippen LogP contribution in [0.2, 0.25) is 0 Å². The predicted octanol–water partition coefficient (Wildman–Crippen LogP) is 10.4. The maximum atomic E-state index is 12.6. The summed E-state index contributed by atoms with van der Waals surface area (Å²) in [5, 5.41) is 2.58. The van der Waals surface area contributed by atoms with E-state index in [-0.39, 0.29) is 5.69 Å². The second kappa shape index (κ2) is 11.5. The van der Waals surface area contributed by atoms with Crippen LogP contribution in [0.5, 0.6) is 0 Å². The Kier molecular flexibility index (Phi) is 6.85. The number of hydrogen-bond donors (Lipinski definition) is 0. The van der Waals surface area contributed by atoms with Gasteiger partial charge in [0.25, 0.3) is 0 Å². The molecule has 9 aromatic rings. The van der Waals surface area contributed by atoms with Gasteiger partial charge in [0.15, 0.2) is 5.82 Å². The van der Waals surface area contributed by atoms with Crippen molar-refractivity contribution in [2.24, 2.45) is 14.1 Å². The summed E-state index contributed by atoms with van der Waals surface area (Å²) in [6.07, 6.45) is 0. The molecule has 0 spiro atoms. The van der Waals surface area contributed by atoms with E-state index in [1.165, 1.54) is 25.7 Å². The van der Waals surface area contributed by atoms with Crippen molar-refractivity contribution in [3.05, 3.63) is 156 Å². The first-order chi connectivity index (χ1) is 24.0. The van der Waals surface area contributed by atoms with E-state index in [1.54, 1.807) is 9.13 Å². The first-order valence-corrected chi connectivity index (χ1v) is 17.1. The zero-order chi connectivity index (χ0) is 33.1. The van der Waals surface area contributed by atoms with Crippen LogP contribution in [-0.2, 0) is 14.1 Å². The Balaban J connectivity index is 1.17. The summed E-state index contributed by atoms with van der Waals surface area (Å²) in [6.45, 7) is 0. The number of hydrogen-bond acceptors (Lipinski definition) is 4. The Bertz CT molecular complexity index is 2770. The van der Waals surface area contributed by atoms with Crippen LogP contribution in [0.3, 0.4) is 0 Å². The third-order valence-electron chi connectivity index (χ3n) is 9.40. The van der Waals surface area contributed by atoms with E-state index in [4.69, 9.17) is 9.97 Å². The maximum absolute atomic E-state index is 12.6. The number of imidazole rings is 1. The van der Waals surface area contributed by atoms with Gasteiger partial charge in [0.05, 0.1) is 22.4 Å². The fourth-order valence-electron chi connectivity index (χ4n) is 6.82. The molecule has 3 heterocycles. The maximum Gasteiger partial charge on any atom is 0.328 e. The van der Waals surface area contributed by atoms with Gasteiger partial charge in [0.1, 0.15) is 0 Å². The van der Waals surface area contributed by atoms with Gasteiger partial charge in [-0.3, -0.25) is 9.13 Å². The van der Waals surface area contributed by atoms with Crippen LogP contribution in [-0.4, -0.2) is 19.1 Å². The summed E-state index contributed by atoms with van der Waals surface area (Å²) in [5.41, 5.74) is 10.9. The average molecular weight is 651 g/mol.